The van der Waals surface area contributed by atoms with Crippen LogP contribution in [-0.2, 0) is 16.6 Å². The largest absolute Gasteiger partial charge is 0.493 e. The molecule has 1 N–H and O–H groups in total. The lowest BCUT2D eigenvalue weighted by molar-refractivity contribution is 0.354. The van der Waals surface area contributed by atoms with Gasteiger partial charge in [0.2, 0.25) is 10.0 Å². The van der Waals surface area contributed by atoms with E-state index in [1.165, 1.54) is 0 Å². The average Bonchev–Trinajstić information content (AvgIpc) is 3.03. The molecule has 0 aliphatic carbocycles. The zero-order valence-electron chi connectivity index (χ0n) is 15.8. The van der Waals surface area contributed by atoms with Gasteiger partial charge < -0.3 is 14.8 Å². The van der Waals surface area contributed by atoms with Crippen LogP contribution in [0.2, 0.25) is 0 Å². The molecule has 0 saturated carbocycles. The molecule has 1 heterocycles. The second kappa shape index (κ2) is 8.73. The Bertz CT molecular complexity index is 869. The van der Waals surface area contributed by atoms with Gasteiger partial charge in [0.25, 0.3) is 0 Å². The van der Waals surface area contributed by atoms with Crippen molar-refractivity contribution in [2.45, 2.75) is 13.0 Å². The molecular formula is C20H26N2O4S. The van der Waals surface area contributed by atoms with Crippen LogP contribution in [0.15, 0.2) is 42.5 Å². The van der Waals surface area contributed by atoms with E-state index in [4.69, 9.17) is 9.47 Å². The van der Waals surface area contributed by atoms with Gasteiger partial charge in [-0.05, 0) is 35.2 Å². The molecule has 146 valence electrons. The molecule has 7 heteroatoms. The van der Waals surface area contributed by atoms with E-state index in [9.17, 15) is 8.42 Å². The number of rotatable bonds is 8. The molecule has 2 aromatic rings. The lowest BCUT2D eigenvalue weighted by Gasteiger charge is -2.17. The predicted octanol–water partition coefficient (Wildman–Crippen LogP) is 2.50. The minimum atomic E-state index is -3.05. The van der Waals surface area contributed by atoms with Crippen LogP contribution in [0.5, 0.6) is 11.5 Å². The Balaban J connectivity index is 1.75. The molecule has 0 spiro atoms. The first-order valence-electron chi connectivity index (χ1n) is 9.04. The Morgan fingerprint density at radius 3 is 2.41 bits per heavy atom. The van der Waals surface area contributed by atoms with Crippen molar-refractivity contribution in [1.82, 2.24) is 9.62 Å². The Morgan fingerprint density at radius 2 is 1.78 bits per heavy atom. The maximum atomic E-state index is 11.9. The number of benzene rings is 2. The molecule has 27 heavy (non-hydrogen) atoms. The van der Waals surface area contributed by atoms with Gasteiger partial charge >= 0.3 is 0 Å². The minimum Gasteiger partial charge on any atom is -0.493 e. The highest BCUT2D eigenvalue weighted by molar-refractivity contribution is 7.89. The SMILES string of the molecule is COc1cc(CNCCN2CCCS2(=O)=O)c(-c2ccccc2)cc1OC. The van der Waals surface area contributed by atoms with Crippen LogP contribution in [0.25, 0.3) is 11.1 Å². The Kier molecular flexibility index (Phi) is 6.36. The minimum absolute atomic E-state index is 0.265. The molecule has 0 amide bonds. The number of sulfonamides is 1. The maximum absolute atomic E-state index is 11.9. The highest BCUT2D eigenvalue weighted by Gasteiger charge is 2.27. The van der Waals surface area contributed by atoms with Gasteiger partial charge in [-0.2, -0.15) is 0 Å². The van der Waals surface area contributed by atoms with E-state index < -0.39 is 10.0 Å². The first-order valence-corrected chi connectivity index (χ1v) is 10.6. The fraction of sp³-hybridized carbons (Fsp3) is 0.400. The first-order chi connectivity index (χ1) is 13.0. The van der Waals surface area contributed by atoms with Crippen LogP contribution < -0.4 is 14.8 Å². The summed E-state index contributed by atoms with van der Waals surface area (Å²) in [5.41, 5.74) is 3.23. The third kappa shape index (κ3) is 4.61. The average molecular weight is 391 g/mol. The van der Waals surface area contributed by atoms with E-state index in [2.05, 4.69) is 17.4 Å². The van der Waals surface area contributed by atoms with Crippen molar-refractivity contribution in [3.8, 4) is 22.6 Å². The van der Waals surface area contributed by atoms with Gasteiger partial charge in [0.1, 0.15) is 0 Å². The number of hydrogen-bond acceptors (Lipinski definition) is 5. The van der Waals surface area contributed by atoms with Crippen LogP contribution in [-0.4, -0.2) is 52.3 Å². The van der Waals surface area contributed by atoms with E-state index in [1.807, 2.05) is 30.3 Å². The Labute approximate surface area is 161 Å². The van der Waals surface area contributed by atoms with Gasteiger partial charge in [-0.15, -0.1) is 0 Å². The second-order valence-electron chi connectivity index (χ2n) is 6.48. The fourth-order valence-electron chi connectivity index (χ4n) is 3.32. The third-order valence-electron chi connectivity index (χ3n) is 4.75. The smallest absolute Gasteiger partial charge is 0.214 e. The molecular weight excluding hydrogens is 364 g/mol. The van der Waals surface area contributed by atoms with Crippen LogP contribution in [0, 0.1) is 0 Å². The van der Waals surface area contributed by atoms with Crippen LogP contribution in [0.1, 0.15) is 12.0 Å². The van der Waals surface area contributed by atoms with Gasteiger partial charge in [-0.3, -0.25) is 0 Å². The van der Waals surface area contributed by atoms with Gasteiger partial charge in [0.15, 0.2) is 11.5 Å². The molecule has 1 aliphatic heterocycles. The van der Waals surface area contributed by atoms with Gasteiger partial charge in [0, 0.05) is 26.2 Å². The van der Waals surface area contributed by atoms with Crippen molar-refractivity contribution in [3.05, 3.63) is 48.0 Å². The number of nitrogens with one attached hydrogen (secondary N) is 1. The number of methoxy groups -OCH3 is 2. The van der Waals surface area contributed by atoms with Crippen LogP contribution >= 0.6 is 0 Å². The molecule has 1 aliphatic rings. The van der Waals surface area contributed by atoms with Gasteiger partial charge in [-0.1, -0.05) is 30.3 Å². The van der Waals surface area contributed by atoms with Crippen LogP contribution in [0.4, 0.5) is 0 Å². The van der Waals surface area contributed by atoms with Crippen molar-refractivity contribution in [2.75, 3.05) is 39.6 Å². The zero-order valence-corrected chi connectivity index (χ0v) is 16.6. The van der Waals surface area contributed by atoms with E-state index in [0.29, 0.717) is 37.7 Å². The summed E-state index contributed by atoms with van der Waals surface area (Å²) in [6.45, 7) is 2.33. The normalized spacial score (nSPS) is 16.4. The summed E-state index contributed by atoms with van der Waals surface area (Å²) < 4.78 is 36.2. The molecule has 0 bridgehead atoms. The summed E-state index contributed by atoms with van der Waals surface area (Å²) in [7, 11) is 0.200. The molecule has 2 aromatic carbocycles. The maximum Gasteiger partial charge on any atom is 0.214 e. The van der Waals surface area contributed by atoms with E-state index in [0.717, 1.165) is 23.1 Å². The van der Waals surface area contributed by atoms with Crippen LogP contribution in [0.3, 0.4) is 0 Å². The Morgan fingerprint density at radius 1 is 1.07 bits per heavy atom. The second-order valence-corrected chi connectivity index (χ2v) is 8.56. The van der Waals surface area contributed by atoms with Crippen molar-refractivity contribution in [1.29, 1.82) is 0 Å². The monoisotopic (exact) mass is 390 g/mol. The molecule has 0 aromatic heterocycles. The fourth-order valence-corrected chi connectivity index (χ4v) is 4.85. The van der Waals surface area contributed by atoms with E-state index in [-0.39, 0.29) is 5.75 Å². The summed E-state index contributed by atoms with van der Waals surface area (Å²) in [5.74, 6) is 1.63. The zero-order chi connectivity index (χ0) is 19.3. The molecule has 0 atom stereocenters. The molecule has 0 unspecified atom stereocenters. The number of hydrogen-bond donors (Lipinski definition) is 1. The lowest BCUT2D eigenvalue weighted by atomic mass is 9.98. The molecule has 1 fully saturated rings. The summed E-state index contributed by atoms with van der Waals surface area (Å²) in [5, 5.41) is 3.36. The molecule has 1 saturated heterocycles. The summed E-state index contributed by atoms with van der Waals surface area (Å²) in [4.78, 5) is 0. The van der Waals surface area contributed by atoms with E-state index in [1.54, 1.807) is 18.5 Å². The highest BCUT2D eigenvalue weighted by atomic mass is 32.2. The molecule has 6 nitrogen and oxygen atoms in total. The van der Waals surface area contributed by atoms with Crippen molar-refractivity contribution >= 4 is 10.0 Å². The predicted molar refractivity (Wildman–Crippen MR) is 107 cm³/mol. The lowest BCUT2D eigenvalue weighted by Crippen LogP contribution is -2.33. The molecule has 3 rings (SSSR count). The van der Waals surface area contributed by atoms with Crippen molar-refractivity contribution in [2.24, 2.45) is 0 Å². The van der Waals surface area contributed by atoms with Crippen molar-refractivity contribution in [3.63, 3.8) is 0 Å². The van der Waals surface area contributed by atoms with Crippen molar-refractivity contribution < 1.29 is 17.9 Å². The summed E-state index contributed by atoms with van der Waals surface area (Å²) in [6, 6.07) is 14.1. The summed E-state index contributed by atoms with van der Waals surface area (Å²) in [6.07, 6.45) is 0.718. The highest BCUT2D eigenvalue weighted by Crippen LogP contribution is 2.35. The standard InChI is InChI=1S/C20H26N2O4S/c1-25-19-13-17(15-21-9-11-22-10-6-12-27(22,23)24)18(14-20(19)26-2)16-7-4-3-5-8-16/h3-5,7-8,13-14,21H,6,9-12,15H2,1-2H3. The van der Waals surface area contributed by atoms with Gasteiger partial charge in [-0.25, -0.2) is 12.7 Å². The number of nitrogens with zero attached hydrogens (tertiary/aromatic N) is 1. The number of ether oxygens (including phenoxy) is 2. The van der Waals surface area contributed by atoms with Gasteiger partial charge in [0.05, 0.1) is 20.0 Å². The first kappa shape index (κ1) is 19.7. The molecule has 0 radical (unpaired) electrons. The quantitative estimate of drug-likeness (QED) is 0.702. The topological polar surface area (TPSA) is 67.9 Å². The Hall–Kier alpha value is -2.09. The van der Waals surface area contributed by atoms with E-state index >= 15 is 0 Å². The summed E-state index contributed by atoms with van der Waals surface area (Å²) >= 11 is 0. The third-order valence-corrected chi connectivity index (χ3v) is 6.71.